The minimum absolute atomic E-state index is 0.124. The van der Waals surface area contributed by atoms with E-state index in [1.54, 1.807) is 12.3 Å². The van der Waals surface area contributed by atoms with Crippen molar-refractivity contribution in [3.05, 3.63) is 66.0 Å². The van der Waals surface area contributed by atoms with Gasteiger partial charge in [-0.3, -0.25) is 4.98 Å². The Hall–Kier alpha value is -2.91. The summed E-state index contributed by atoms with van der Waals surface area (Å²) >= 11 is 0. The van der Waals surface area contributed by atoms with E-state index in [0.717, 1.165) is 5.56 Å². The molecular formula is C23H27N3O3. The number of piperidine rings is 1. The molecule has 1 saturated heterocycles. The number of carboxylic acid groups (broad SMARTS) is 1. The van der Waals surface area contributed by atoms with E-state index in [4.69, 9.17) is 4.74 Å². The van der Waals surface area contributed by atoms with Crippen molar-refractivity contribution in [2.45, 2.75) is 44.8 Å². The largest absolute Gasteiger partial charge is 0.465 e. The molecule has 0 bridgehead atoms. The molecule has 3 rings (SSSR count). The minimum atomic E-state index is -1.01. The third kappa shape index (κ3) is 4.25. The average molecular weight is 393 g/mol. The summed E-state index contributed by atoms with van der Waals surface area (Å²) in [6.45, 7) is 6.63. The van der Waals surface area contributed by atoms with Crippen molar-refractivity contribution in [3.63, 3.8) is 0 Å². The van der Waals surface area contributed by atoms with Gasteiger partial charge in [0, 0.05) is 12.7 Å². The Morgan fingerprint density at radius 2 is 1.97 bits per heavy atom. The van der Waals surface area contributed by atoms with Crippen LogP contribution in [-0.4, -0.2) is 40.3 Å². The molecule has 6 heteroatoms. The fourth-order valence-electron chi connectivity index (χ4n) is 3.93. The monoisotopic (exact) mass is 393 g/mol. The predicted molar refractivity (Wildman–Crippen MR) is 109 cm³/mol. The number of amides is 1. The topological polar surface area (TPSA) is 86.5 Å². The summed E-state index contributed by atoms with van der Waals surface area (Å²) in [5, 5.41) is 19.8. The van der Waals surface area contributed by atoms with Crippen LogP contribution < -0.4 is 0 Å². The Morgan fingerprint density at radius 3 is 2.52 bits per heavy atom. The van der Waals surface area contributed by atoms with Crippen LogP contribution >= 0.6 is 0 Å². The molecule has 1 unspecified atom stereocenters. The number of likely N-dealkylation sites (tertiary alicyclic amines) is 1. The quantitative estimate of drug-likeness (QED) is 0.832. The molecule has 2 aromatic rings. The van der Waals surface area contributed by atoms with E-state index in [1.165, 1.54) is 4.90 Å². The lowest BCUT2D eigenvalue weighted by Crippen LogP contribution is -2.56. The average Bonchev–Trinajstić information content (AvgIpc) is 2.72. The van der Waals surface area contributed by atoms with Gasteiger partial charge in [-0.25, -0.2) is 4.79 Å². The molecule has 1 amide bonds. The Bertz CT molecular complexity index is 874. The lowest BCUT2D eigenvalue weighted by Gasteiger charge is -2.45. The van der Waals surface area contributed by atoms with Crippen LogP contribution in [0.3, 0.4) is 0 Å². The van der Waals surface area contributed by atoms with E-state index in [9.17, 15) is 15.2 Å². The highest BCUT2D eigenvalue weighted by Gasteiger charge is 2.49. The second kappa shape index (κ2) is 8.22. The van der Waals surface area contributed by atoms with Crippen LogP contribution in [0.4, 0.5) is 4.79 Å². The predicted octanol–water partition coefficient (Wildman–Crippen LogP) is 4.40. The maximum Gasteiger partial charge on any atom is 0.407 e. The number of benzene rings is 1. The highest BCUT2D eigenvalue weighted by Crippen LogP contribution is 2.43. The number of nitriles is 1. The number of hydrogen-bond donors (Lipinski definition) is 1. The van der Waals surface area contributed by atoms with Gasteiger partial charge < -0.3 is 14.7 Å². The summed E-state index contributed by atoms with van der Waals surface area (Å²) < 4.78 is 6.62. The van der Waals surface area contributed by atoms with Crippen molar-refractivity contribution in [1.82, 2.24) is 9.88 Å². The molecule has 1 fully saturated rings. The van der Waals surface area contributed by atoms with Crippen LogP contribution in [-0.2, 0) is 10.2 Å². The lowest BCUT2D eigenvalue weighted by atomic mass is 9.73. The van der Waals surface area contributed by atoms with E-state index in [0.29, 0.717) is 12.1 Å². The van der Waals surface area contributed by atoms with Crippen molar-refractivity contribution in [3.8, 4) is 6.07 Å². The van der Waals surface area contributed by atoms with Crippen molar-refractivity contribution in [2.24, 2.45) is 5.41 Å². The molecule has 0 radical (unpaired) electrons. The maximum absolute atomic E-state index is 11.7. The molecule has 6 nitrogen and oxygen atoms in total. The number of pyridine rings is 1. The van der Waals surface area contributed by atoms with Gasteiger partial charge in [0.1, 0.15) is 11.5 Å². The number of ether oxygens (including phenoxy) is 1. The first kappa shape index (κ1) is 20.8. The second-order valence-corrected chi connectivity index (χ2v) is 8.56. The summed E-state index contributed by atoms with van der Waals surface area (Å²) in [6.07, 6.45) is 0.0464. The van der Waals surface area contributed by atoms with E-state index in [1.807, 2.05) is 42.5 Å². The Morgan fingerprint density at radius 1 is 1.28 bits per heavy atom. The SMILES string of the molecule is CC(C)(C)C(O[C@H]1CN(C(=O)O)CC[C@]1(C#N)c1ccccn1)c1ccccc1. The van der Waals surface area contributed by atoms with Gasteiger partial charge in [-0.2, -0.15) is 5.26 Å². The third-order valence-electron chi connectivity index (χ3n) is 5.49. The van der Waals surface area contributed by atoms with Crippen LogP contribution in [0.1, 0.15) is 44.6 Å². The van der Waals surface area contributed by atoms with Gasteiger partial charge in [-0.1, -0.05) is 57.2 Å². The van der Waals surface area contributed by atoms with Crippen molar-refractivity contribution in [2.75, 3.05) is 13.1 Å². The highest BCUT2D eigenvalue weighted by atomic mass is 16.5. The van der Waals surface area contributed by atoms with E-state index in [-0.39, 0.29) is 24.6 Å². The molecular weight excluding hydrogens is 366 g/mol. The zero-order valence-corrected chi connectivity index (χ0v) is 17.1. The molecule has 2 heterocycles. The molecule has 0 spiro atoms. The fourth-order valence-corrected chi connectivity index (χ4v) is 3.93. The molecule has 0 aliphatic carbocycles. The first-order valence-corrected chi connectivity index (χ1v) is 9.79. The molecule has 1 aliphatic heterocycles. The Labute approximate surface area is 171 Å². The second-order valence-electron chi connectivity index (χ2n) is 8.56. The zero-order valence-electron chi connectivity index (χ0n) is 17.1. The van der Waals surface area contributed by atoms with E-state index in [2.05, 4.69) is 31.8 Å². The normalized spacial score (nSPS) is 23.2. The summed E-state index contributed by atoms with van der Waals surface area (Å²) in [7, 11) is 0. The minimum Gasteiger partial charge on any atom is -0.465 e. The summed E-state index contributed by atoms with van der Waals surface area (Å²) in [5.41, 5.74) is 0.363. The van der Waals surface area contributed by atoms with Crippen LogP contribution in [0.5, 0.6) is 0 Å². The number of carbonyl (C=O) groups is 1. The van der Waals surface area contributed by atoms with E-state index < -0.39 is 17.6 Å². The maximum atomic E-state index is 11.7. The highest BCUT2D eigenvalue weighted by molar-refractivity contribution is 5.65. The lowest BCUT2D eigenvalue weighted by molar-refractivity contribution is -0.112. The van der Waals surface area contributed by atoms with Crippen LogP contribution in [0.2, 0.25) is 0 Å². The molecule has 1 aliphatic rings. The fraction of sp³-hybridized carbons (Fsp3) is 0.435. The summed E-state index contributed by atoms with van der Waals surface area (Å²) in [5.74, 6) is 0. The smallest absolute Gasteiger partial charge is 0.407 e. The molecule has 0 saturated carbocycles. The van der Waals surface area contributed by atoms with Gasteiger partial charge in [0.2, 0.25) is 0 Å². The van der Waals surface area contributed by atoms with E-state index >= 15 is 0 Å². The summed E-state index contributed by atoms with van der Waals surface area (Å²) in [6, 6.07) is 17.8. The van der Waals surface area contributed by atoms with Crippen LogP contribution in [0, 0.1) is 16.7 Å². The van der Waals surface area contributed by atoms with Crippen molar-refractivity contribution in [1.29, 1.82) is 5.26 Å². The van der Waals surface area contributed by atoms with Crippen molar-refractivity contribution >= 4 is 6.09 Å². The first-order chi connectivity index (χ1) is 13.8. The summed E-state index contributed by atoms with van der Waals surface area (Å²) in [4.78, 5) is 17.4. The molecule has 1 aromatic carbocycles. The van der Waals surface area contributed by atoms with Gasteiger partial charge in [0.05, 0.1) is 24.4 Å². The van der Waals surface area contributed by atoms with Gasteiger partial charge in [0.15, 0.2) is 0 Å². The standard InChI is InChI=1S/C23H27N3O3/c1-22(2,3)20(17-9-5-4-6-10-17)29-19-15-26(21(27)28)14-12-23(19,16-24)18-11-7-8-13-25-18/h4-11,13,19-20H,12,14-15H2,1-3H3,(H,27,28)/t19-,20?,23-/m0/s1. The number of aromatic nitrogens is 1. The van der Waals surface area contributed by atoms with Gasteiger partial charge >= 0.3 is 6.09 Å². The van der Waals surface area contributed by atoms with Crippen LogP contribution in [0.15, 0.2) is 54.7 Å². The van der Waals surface area contributed by atoms with Gasteiger partial charge in [0.25, 0.3) is 0 Å². The first-order valence-electron chi connectivity index (χ1n) is 9.79. The Kier molecular flexibility index (Phi) is 5.90. The van der Waals surface area contributed by atoms with Crippen LogP contribution in [0.25, 0.3) is 0 Å². The Balaban J connectivity index is 2.04. The number of rotatable bonds is 4. The van der Waals surface area contributed by atoms with Gasteiger partial charge in [-0.05, 0) is 29.5 Å². The number of nitrogens with zero attached hydrogens (tertiary/aromatic N) is 3. The zero-order chi connectivity index (χ0) is 21.1. The molecule has 29 heavy (non-hydrogen) atoms. The molecule has 152 valence electrons. The third-order valence-corrected chi connectivity index (χ3v) is 5.49. The van der Waals surface area contributed by atoms with Crippen molar-refractivity contribution < 1.29 is 14.6 Å². The molecule has 1 aromatic heterocycles. The molecule has 3 atom stereocenters. The van der Waals surface area contributed by atoms with Gasteiger partial charge in [-0.15, -0.1) is 0 Å². The number of hydrogen-bond acceptors (Lipinski definition) is 4. The molecule has 1 N–H and O–H groups in total.